The Bertz CT molecular complexity index is 628. The Kier molecular flexibility index (Phi) is 5.08. The van der Waals surface area contributed by atoms with Crippen LogP contribution >= 0.6 is 0 Å². The standard InChI is InChI=1S/C15H23N3O3S/c1-11-5-3-4-6-14(11)18(2)15(19)17-12-7-9-13(10-8-12)22(16,20)21/h7-11,14H,3-6H2,1-2H3,(H,17,19)(H2,16,20,21)/t11-,14+/m1/s1. The average Bonchev–Trinajstić information content (AvgIpc) is 2.46. The molecule has 22 heavy (non-hydrogen) atoms. The van der Waals surface area contributed by atoms with E-state index in [2.05, 4.69) is 12.2 Å². The summed E-state index contributed by atoms with van der Waals surface area (Å²) in [6, 6.07) is 5.91. The average molecular weight is 325 g/mol. The molecule has 1 aromatic rings. The van der Waals surface area contributed by atoms with Gasteiger partial charge in [-0.15, -0.1) is 0 Å². The Hall–Kier alpha value is -1.60. The normalized spacial score (nSPS) is 22.1. The van der Waals surface area contributed by atoms with Crippen molar-refractivity contribution in [1.82, 2.24) is 4.90 Å². The highest BCUT2D eigenvalue weighted by atomic mass is 32.2. The van der Waals surface area contributed by atoms with Gasteiger partial charge in [-0.2, -0.15) is 0 Å². The Balaban J connectivity index is 2.02. The van der Waals surface area contributed by atoms with Gasteiger partial charge in [0.2, 0.25) is 10.0 Å². The third-order valence-corrected chi connectivity index (χ3v) is 5.25. The van der Waals surface area contributed by atoms with E-state index >= 15 is 0 Å². The predicted molar refractivity (Wildman–Crippen MR) is 86.0 cm³/mol. The highest BCUT2D eigenvalue weighted by Gasteiger charge is 2.27. The maximum atomic E-state index is 12.3. The number of benzene rings is 1. The highest BCUT2D eigenvalue weighted by molar-refractivity contribution is 7.89. The maximum absolute atomic E-state index is 12.3. The number of hydrogen-bond donors (Lipinski definition) is 2. The number of rotatable bonds is 3. The summed E-state index contributed by atoms with van der Waals surface area (Å²) in [6.07, 6.45) is 4.54. The second-order valence-electron chi connectivity index (χ2n) is 5.94. The Morgan fingerprint density at radius 3 is 2.36 bits per heavy atom. The molecule has 1 aliphatic carbocycles. The molecule has 2 rings (SSSR count). The number of anilines is 1. The van der Waals surface area contributed by atoms with Gasteiger partial charge in [-0.3, -0.25) is 0 Å². The lowest BCUT2D eigenvalue weighted by atomic mass is 9.85. The summed E-state index contributed by atoms with van der Waals surface area (Å²) >= 11 is 0. The van der Waals surface area contributed by atoms with Crippen molar-refractivity contribution < 1.29 is 13.2 Å². The molecule has 1 aromatic carbocycles. The molecular weight excluding hydrogens is 302 g/mol. The minimum Gasteiger partial charge on any atom is -0.324 e. The second-order valence-corrected chi connectivity index (χ2v) is 7.50. The smallest absolute Gasteiger partial charge is 0.321 e. The Morgan fingerprint density at radius 2 is 1.82 bits per heavy atom. The lowest BCUT2D eigenvalue weighted by Gasteiger charge is -2.36. The van der Waals surface area contributed by atoms with Crippen LogP contribution in [0.5, 0.6) is 0 Å². The van der Waals surface area contributed by atoms with Crippen molar-refractivity contribution in [3.05, 3.63) is 24.3 Å². The summed E-state index contributed by atoms with van der Waals surface area (Å²) in [5, 5.41) is 7.84. The molecule has 0 heterocycles. The van der Waals surface area contributed by atoms with E-state index in [0.29, 0.717) is 11.6 Å². The van der Waals surface area contributed by atoms with Crippen LogP contribution in [-0.4, -0.2) is 32.4 Å². The summed E-state index contributed by atoms with van der Waals surface area (Å²) < 4.78 is 22.4. The molecule has 7 heteroatoms. The van der Waals surface area contributed by atoms with E-state index in [1.165, 1.54) is 30.7 Å². The quantitative estimate of drug-likeness (QED) is 0.893. The van der Waals surface area contributed by atoms with Gasteiger partial charge in [0, 0.05) is 18.8 Å². The van der Waals surface area contributed by atoms with E-state index in [1.807, 2.05) is 0 Å². The fourth-order valence-corrected chi connectivity index (χ4v) is 3.48. The molecule has 2 amide bonds. The lowest BCUT2D eigenvalue weighted by Crippen LogP contribution is -2.44. The van der Waals surface area contributed by atoms with Gasteiger partial charge in [-0.05, 0) is 43.0 Å². The molecule has 3 N–H and O–H groups in total. The molecule has 2 atom stereocenters. The first-order valence-corrected chi connectivity index (χ1v) is 9.00. The van der Waals surface area contributed by atoms with Crippen LogP contribution in [-0.2, 0) is 10.0 Å². The first-order chi connectivity index (χ1) is 10.3. The lowest BCUT2D eigenvalue weighted by molar-refractivity contribution is 0.155. The third kappa shape index (κ3) is 3.98. The number of urea groups is 1. The van der Waals surface area contributed by atoms with Gasteiger partial charge >= 0.3 is 6.03 Å². The number of amides is 2. The van der Waals surface area contributed by atoms with E-state index in [1.54, 1.807) is 11.9 Å². The molecule has 1 aliphatic rings. The van der Waals surface area contributed by atoms with Crippen molar-refractivity contribution in [2.45, 2.75) is 43.5 Å². The fourth-order valence-electron chi connectivity index (χ4n) is 2.96. The molecular formula is C15H23N3O3S. The van der Waals surface area contributed by atoms with Crippen LogP contribution in [0.15, 0.2) is 29.2 Å². The van der Waals surface area contributed by atoms with Crippen molar-refractivity contribution in [3.63, 3.8) is 0 Å². The Morgan fingerprint density at radius 1 is 1.23 bits per heavy atom. The topological polar surface area (TPSA) is 92.5 Å². The van der Waals surface area contributed by atoms with Crippen molar-refractivity contribution in [3.8, 4) is 0 Å². The van der Waals surface area contributed by atoms with Crippen LogP contribution in [0, 0.1) is 5.92 Å². The molecule has 0 unspecified atom stereocenters. The summed E-state index contributed by atoms with van der Waals surface area (Å²) in [5.74, 6) is 0.495. The van der Waals surface area contributed by atoms with Gasteiger partial charge in [-0.1, -0.05) is 19.8 Å². The van der Waals surface area contributed by atoms with Crippen LogP contribution in [0.3, 0.4) is 0 Å². The van der Waals surface area contributed by atoms with Crippen LogP contribution in [0.25, 0.3) is 0 Å². The minimum atomic E-state index is -3.71. The predicted octanol–water partition coefficient (Wildman–Crippen LogP) is 2.38. The molecule has 1 fully saturated rings. The molecule has 1 saturated carbocycles. The van der Waals surface area contributed by atoms with Crippen molar-refractivity contribution >= 4 is 21.7 Å². The first kappa shape index (κ1) is 16.8. The number of nitrogens with one attached hydrogen (secondary N) is 1. The SMILES string of the molecule is C[C@@H]1CCCC[C@@H]1N(C)C(=O)Nc1ccc(S(N)(=O)=O)cc1. The molecule has 0 aliphatic heterocycles. The number of carbonyl (C=O) groups is 1. The van der Waals surface area contributed by atoms with Gasteiger partial charge in [0.1, 0.15) is 0 Å². The van der Waals surface area contributed by atoms with Gasteiger partial charge in [0.15, 0.2) is 0 Å². The van der Waals surface area contributed by atoms with Gasteiger partial charge in [0.05, 0.1) is 4.90 Å². The van der Waals surface area contributed by atoms with Gasteiger partial charge < -0.3 is 10.2 Å². The zero-order valence-corrected chi connectivity index (χ0v) is 13.8. The number of sulfonamides is 1. The zero-order chi connectivity index (χ0) is 16.3. The minimum absolute atomic E-state index is 0.0276. The van der Waals surface area contributed by atoms with E-state index in [-0.39, 0.29) is 17.0 Å². The van der Waals surface area contributed by atoms with Crippen molar-refractivity contribution in [1.29, 1.82) is 0 Å². The number of nitrogens with two attached hydrogens (primary N) is 1. The summed E-state index contributed by atoms with van der Waals surface area (Å²) in [4.78, 5) is 14.1. The van der Waals surface area contributed by atoms with Crippen LogP contribution < -0.4 is 10.5 Å². The molecule has 0 bridgehead atoms. The summed E-state index contributed by atoms with van der Waals surface area (Å²) in [6.45, 7) is 2.18. The number of primary sulfonamides is 1. The number of nitrogens with zero attached hydrogens (tertiary/aromatic N) is 1. The fraction of sp³-hybridized carbons (Fsp3) is 0.533. The molecule has 122 valence electrons. The van der Waals surface area contributed by atoms with Crippen LogP contribution in [0.4, 0.5) is 10.5 Å². The number of hydrogen-bond acceptors (Lipinski definition) is 3. The molecule has 0 saturated heterocycles. The highest BCUT2D eigenvalue weighted by Crippen LogP contribution is 2.27. The monoisotopic (exact) mass is 325 g/mol. The van der Waals surface area contributed by atoms with E-state index < -0.39 is 10.0 Å². The van der Waals surface area contributed by atoms with Crippen LogP contribution in [0.2, 0.25) is 0 Å². The Labute approximate surface area is 131 Å². The van der Waals surface area contributed by atoms with Crippen molar-refractivity contribution in [2.75, 3.05) is 12.4 Å². The van der Waals surface area contributed by atoms with E-state index in [0.717, 1.165) is 19.3 Å². The maximum Gasteiger partial charge on any atom is 0.321 e. The molecule has 0 radical (unpaired) electrons. The third-order valence-electron chi connectivity index (χ3n) is 4.32. The zero-order valence-electron chi connectivity index (χ0n) is 13.0. The van der Waals surface area contributed by atoms with Gasteiger partial charge in [-0.25, -0.2) is 18.4 Å². The molecule has 0 aromatic heterocycles. The second kappa shape index (κ2) is 6.66. The summed E-state index contributed by atoms with van der Waals surface area (Å²) in [7, 11) is -1.91. The van der Waals surface area contributed by atoms with Crippen molar-refractivity contribution in [2.24, 2.45) is 11.1 Å². The van der Waals surface area contributed by atoms with Gasteiger partial charge in [0.25, 0.3) is 0 Å². The van der Waals surface area contributed by atoms with Crippen LogP contribution in [0.1, 0.15) is 32.6 Å². The van der Waals surface area contributed by atoms with E-state index in [9.17, 15) is 13.2 Å². The molecule has 0 spiro atoms. The van der Waals surface area contributed by atoms with E-state index in [4.69, 9.17) is 5.14 Å². The number of carbonyl (C=O) groups excluding carboxylic acids is 1. The molecule has 6 nitrogen and oxygen atoms in total. The summed E-state index contributed by atoms with van der Waals surface area (Å²) in [5.41, 5.74) is 0.549. The first-order valence-electron chi connectivity index (χ1n) is 7.45. The largest absolute Gasteiger partial charge is 0.324 e.